The van der Waals surface area contributed by atoms with Gasteiger partial charge in [-0.2, -0.15) is 0 Å². The minimum Gasteiger partial charge on any atom is -0.365 e. The van der Waals surface area contributed by atoms with E-state index in [4.69, 9.17) is 0 Å². The maximum atomic E-state index is 12.2. The fourth-order valence-electron chi connectivity index (χ4n) is 2.19. The molecule has 2 aromatic rings. The lowest BCUT2D eigenvalue weighted by atomic mass is 10.1. The Morgan fingerprint density at radius 2 is 2.35 bits per heavy atom. The van der Waals surface area contributed by atoms with E-state index in [0.29, 0.717) is 12.1 Å². The van der Waals surface area contributed by atoms with Gasteiger partial charge >= 0.3 is 0 Å². The third kappa shape index (κ3) is 1.82. The van der Waals surface area contributed by atoms with Crippen LogP contribution >= 0.6 is 0 Å². The van der Waals surface area contributed by atoms with Crippen molar-refractivity contribution in [2.24, 2.45) is 0 Å². The minimum absolute atomic E-state index is 0.0601. The fraction of sp³-hybridized carbons (Fsp3) is 0.231. The highest BCUT2D eigenvalue weighted by atomic mass is 16.2. The summed E-state index contributed by atoms with van der Waals surface area (Å²) in [5.74, 6) is 0.0601. The van der Waals surface area contributed by atoms with E-state index < -0.39 is 0 Å². The molecule has 4 heteroatoms. The van der Waals surface area contributed by atoms with Gasteiger partial charge in [-0.15, -0.1) is 0 Å². The fourth-order valence-corrected chi connectivity index (χ4v) is 2.19. The Kier molecular flexibility index (Phi) is 2.40. The summed E-state index contributed by atoms with van der Waals surface area (Å²) in [5, 5.41) is 0. The molecular formula is C13H13N3O. The predicted molar refractivity (Wildman–Crippen MR) is 63.5 cm³/mol. The van der Waals surface area contributed by atoms with Crippen molar-refractivity contribution >= 4 is 5.91 Å². The number of nitrogens with one attached hydrogen (secondary N) is 1. The second-order valence-electron chi connectivity index (χ2n) is 4.20. The topological polar surface area (TPSA) is 49.0 Å². The molecule has 86 valence electrons. The van der Waals surface area contributed by atoms with E-state index in [1.807, 2.05) is 23.2 Å². The molecule has 0 bridgehead atoms. The minimum atomic E-state index is 0.0601. The van der Waals surface area contributed by atoms with Gasteiger partial charge in [-0.1, -0.05) is 0 Å². The average Bonchev–Trinajstić information content (AvgIpc) is 2.86. The van der Waals surface area contributed by atoms with Crippen molar-refractivity contribution in [2.45, 2.75) is 13.0 Å². The molecule has 4 nitrogen and oxygen atoms in total. The van der Waals surface area contributed by atoms with Gasteiger partial charge in [0, 0.05) is 43.8 Å². The number of H-pyrrole nitrogens is 1. The van der Waals surface area contributed by atoms with Crippen molar-refractivity contribution in [1.82, 2.24) is 14.9 Å². The summed E-state index contributed by atoms with van der Waals surface area (Å²) in [6.45, 7) is 1.45. The maximum Gasteiger partial charge on any atom is 0.255 e. The lowest BCUT2D eigenvalue weighted by molar-refractivity contribution is 0.0734. The number of carbonyl (C=O) groups excluding carboxylic acids is 1. The van der Waals surface area contributed by atoms with Gasteiger partial charge in [0.2, 0.25) is 0 Å². The molecule has 1 amide bonds. The Morgan fingerprint density at radius 1 is 1.41 bits per heavy atom. The summed E-state index contributed by atoms with van der Waals surface area (Å²) in [7, 11) is 0. The Hall–Kier alpha value is -2.10. The Labute approximate surface area is 99.3 Å². The molecule has 3 heterocycles. The standard InChI is InChI=1S/C13H13N3O/c17-13(10-2-1-5-14-8-10)16-7-4-12-11(9-16)3-6-15-12/h1-3,5-6,8,15H,4,7,9H2. The second-order valence-corrected chi connectivity index (χ2v) is 4.20. The number of aromatic nitrogens is 2. The Morgan fingerprint density at radius 3 is 3.18 bits per heavy atom. The van der Waals surface area contributed by atoms with Gasteiger partial charge in [0.05, 0.1) is 5.56 Å². The van der Waals surface area contributed by atoms with Crippen molar-refractivity contribution < 1.29 is 4.79 Å². The van der Waals surface area contributed by atoms with E-state index >= 15 is 0 Å². The zero-order chi connectivity index (χ0) is 11.7. The highest BCUT2D eigenvalue weighted by Crippen LogP contribution is 2.18. The lowest BCUT2D eigenvalue weighted by Crippen LogP contribution is -2.35. The number of carbonyl (C=O) groups is 1. The zero-order valence-corrected chi connectivity index (χ0v) is 9.39. The summed E-state index contributed by atoms with van der Waals surface area (Å²) >= 11 is 0. The number of pyridine rings is 1. The Balaban J connectivity index is 1.81. The highest BCUT2D eigenvalue weighted by molar-refractivity contribution is 5.94. The summed E-state index contributed by atoms with van der Waals surface area (Å²) < 4.78 is 0. The zero-order valence-electron chi connectivity index (χ0n) is 9.39. The third-order valence-electron chi connectivity index (χ3n) is 3.12. The summed E-state index contributed by atoms with van der Waals surface area (Å²) in [4.78, 5) is 21.3. The van der Waals surface area contributed by atoms with Gasteiger partial charge in [0.15, 0.2) is 0 Å². The number of nitrogens with zero attached hydrogens (tertiary/aromatic N) is 2. The van der Waals surface area contributed by atoms with Crippen molar-refractivity contribution in [3.05, 3.63) is 53.6 Å². The number of fused-ring (bicyclic) bond motifs is 1. The summed E-state index contributed by atoms with van der Waals surface area (Å²) in [5.41, 5.74) is 3.13. The van der Waals surface area contributed by atoms with Crippen molar-refractivity contribution in [1.29, 1.82) is 0 Å². The van der Waals surface area contributed by atoms with Crippen molar-refractivity contribution in [3.8, 4) is 0 Å². The molecule has 2 aromatic heterocycles. The van der Waals surface area contributed by atoms with E-state index in [9.17, 15) is 4.79 Å². The van der Waals surface area contributed by atoms with Crippen LogP contribution in [0.1, 0.15) is 21.6 Å². The summed E-state index contributed by atoms with van der Waals surface area (Å²) in [6, 6.07) is 5.64. The van der Waals surface area contributed by atoms with E-state index in [1.54, 1.807) is 18.5 Å². The van der Waals surface area contributed by atoms with Crippen molar-refractivity contribution in [2.75, 3.05) is 6.54 Å². The number of aromatic amines is 1. The van der Waals surface area contributed by atoms with Gasteiger partial charge in [-0.3, -0.25) is 9.78 Å². The number of hydrogen-bond donors (Lipinski definition) is 1. The molecule has 1 aliphatic heterocycles. The molecule has 0 saturated heterocycles. The van der Waals surface area contributed by atoms with Gasteiger partial charge in [-0.25, -0.2) is 0 Å². The van der Waals surface area contributed by atoms with Crippen molar-refractivity contribution in [3.63, 3.8) is 0 Å². The SMILES string of the molecule is O=C(c1cccnc1)N1CCc2[nH]ccc2C1. The number of hydrogen-bond acceptors (Lipinski definition) is 2. The smallest absolute Gasteiger partial charge is 0.255 e. The number of amides is 1. The second kappa shape index (κ2) is 4.05. The molecule has 17 heavy (non-hydrogen) atoms. The maximum absolute atomic E-state index is 12.2. The largest absolute Gasteiger partial charge is 0.365 e. The molecule has 0 saturated carbocycles. The first-order valence-electron chi connectivity index (χ1n) is 5.69. The van der Waals surface area contributed by atoms with Crippen LogP contribution in [0.3, 0.4) is 0 Å². The van der Waals surface area contributed by atoms with Crippen LogP contribution in [0, 0.1) is 0 Å². The highest BCUT2D eigenvalue weighted by Gasteiger charge is 2.22. The lowest BCUT2D eigenvalue weighted by Gasteiger charge is -2.26. The molecule has 0 spiro atoms. The van der Waals surface area contributed by atoms with Gasteiger partial charge in [0.25, 0.3) is 5.91 Å². The van der Waals surface area contributed by atoms with Crippen LogP contribution in [0.2, 0.25) is 0 Å². The molecule has 0 fully saturated rings. The Bertz CT molecular complexity index is 533. The molecule has 1 aliphatic rings. The van der Waals surface area contributed by atoms with E-state index in [-0.39, 0.29) is 5.91 Å². The molecule has 1 N–H and O–H groups in total. The molecule has 0 radical (unpaired) electrons. The van der Waals surface area contributed by atoms with Crippen LogP contribution < -0.4 is 0 Å². The molecule has 0 unspecified atom stereocenters. The molecule has 0 atom stereocenters. The van der Waals surface area contributed by atoms with Crippen LogP contribution in [0.15, 0.2) is 36.8 Å². The first-order chi connectivity index (χ1) is 8.34. The van der Waals surface area contributed by atoms with Gasteiger partial charge < -0.3 is 9.88 Å². The van der Waals surface area contributed by atoms with Gasteiger partial charge in [0.1, 0.15) is 0 Å². The summed E-state index contributed by atoms with van der Waals surface area (Å²) in [6.07, 6.45) is 6.13. The normalized spacial score (nSPS) is 14.5. The van der Waals surface area contributed by atoms with Gasteiger partial charge in [-0.05, 0) is 23.8 Å². The third-order valence-corrected chi connectivity index (χ3v) is 3.12. The average molecular weight is 227 g/mol. The van der Waals surface area contributed by atoms with E-state index in [2.05, 4.69) is 9.97 Å². The van der Waals surface area contributed by atoms with E-state index in [1.165, 1.54) is 11.3 Å². The molecule has 0 aromatic carbocycles. The first-order valence-corrected chi connectivity index (χ1v) is 5.69. The first kappa shape index (κ1) is 10.1. The van der Waals surface area contributed by atoms with Crippen LogP contribution in [0.25, 0.3) is 0 Å². The van der Waals surface area contributed by atoms with E-state index in [0.717, 1.165) is 13.0 Å². The van der Waals surface area contributed by atoms with Crippen LogP contribution in [-0.4, -0.2) is 27.3 Å². The molecule has 3 rings (SSSR count). The number of rotatable bonds is 1. The molecular weight excluding hydrogens is 214 g/mol. The quantitative estimate of drug-likeness (QED) is 0.804. The predicted octanol–water partition coefficient (Wildman–Crippen LogP) is 1.61. The molecule has 0 aliphatic carbocycles. The van der Waals surface area contributed by atoms with Crippen LogP contribution in [0.4, 0.5) is 0 Å². The van der Waals surface area contributed by atoms with Crippen LogP contribution in [0.5, 0.6) is 0 Å². The van der Waals surface area contributed by atoms with Crippen LogP contribution in [-0.2, 0) is 13.0 Å². The monoisotopic (exact) mass is 227 g/mol.